The maximum Gasteiger partial charge on any atom is 0.251 e. The van der Waals surface area contributed by atoms with Crippen molar-refractivity contribution in [3.8, 4) is 5.75 Å². The number of fused-ring (bicyclic) bond motifs is 1. The van der Waals surface area contributed by atoms with Gasteiger partial charge in [-0.1, -0.05) is 23.2 Å². The molecule has 3 N–H and O–H groups in total. The van der Waals surface area contributed by atoms with E-state index in [9.17, 15) is 9.59 Å². The van der Waals surface area contributed by atoms with Crippen LogP contribution in [0.4, 0.5) is 5.00 Å². The zero-order valence-corrected chi connectivity index (χ0v) is 16.2. The normalized spacial score (nSPS) is 13.0. The van der Waals surface area contributed by atoms with Gasteiger partial charge in [0.15, 0.2) is 0 Å². The standard InChI is InChI=1S/C18H16Cl2N2O3S/c1-25-16-9(7-10(19)8-12(16)20)5-6-14(23)22-18-15(17(21)24)11-3-2-4-13(11)26-18/h5-8H,2-4H2,1H3,(H2,21,24)(H,22,23)/b6-5+. The molecule has 0 saturated carbocycles. The number of nitrogens with two attached hydrogens (primary N) is 1. The van der Waals surface area contributed by atoms with Gasteiger partial charge in [0, 0.05) is 21.5 Å². The molecule has 26 heavy (non-hydrogen) atoms. The van der Waals surface area contributed by atoms with Gasteiger partial charge in [-0.05, 0) is 43.0 Å². The molecular weight excluding hydrogens is 395 g/mol. The monoisotopic (exact) mass is 410 g/mol. The van der Waals surface area contributed by atoms with E-state index in [4.69, 9.17) is 33.7 Å². The summed E-state index contributed by atoms with van der Waals surface area (Å²) < 4.78 is 5.24. The molecule has 1 aliphatic rings. The first-order valence-electron chi connectivity index (χ1n) is 7.87. The SMILES string of the molecule is COc1c(Cl)cc(Cl)cc1/C=C/C(=O)Nc1sc2c(c1C(N)=O)CCC2. The first kappa shape index (κ1) is 18.8. The van der Waals surface area contributed by atoms with Crippen molar-refractivity contribution in [3.63, 3.8) is 0 Å². The Balaban J connectivity index is 1.83. The molecule has 5 nitrogen and oxygen atoms in total. The molecule has 8 heteroatoms. The van der Waals surface area contributed by atoms with Crippen molar-refractivity contribution in [2.24, 2.45) is 5.73 Å². The van der Waals surface area contributed by atoms with Crippen LogP contribution < -0.4 is 15.8 Å². The van der Waals surface area contributed by atoms with E-state index in [1.54, 1.807) is 18.2 Å². The number of hydrogen-bond donors (Lipinski definition) is 2. The summed E-state index contributed by atoms with van der Waals surface area (Å²) in [6.07, 6.45) is 5.61. The van der Waals surface area contributed by atoms with Crippen LogP contribution in [0.5, 0.6) is 5.75 Å². The highest BCUT2D eigenvalue weighted by molar-refractivity contribution is 7.17. The Bertz CT molecular complexity index is 922. The Labute approximate surface area is 164 Å². The number of carbonyl (C=O) groups is 2. The molecule has 0 bridgehead atoms. The number of amides is 2. The Morgan fingerprint density at radius 3 is 2.77 bits per heavy atom. The van der Waals surface area contributed by atoms with E-state index in [1.807, 2.05) is 0 Å². The number of aryl methyl sites for hydroxylation is 1. The molecule has 2 amide bonds. The molecule has 0 fully saturated rings. The number of hydrogen-bond acceptors (Lipinski definition) is 4. The third-order valence-corrected chi connectivity index (χ3v) is 5.77. The molecule has 0 saturated heterocycles. The van der Waals surface area contributed by atoms with Gasteiger partial charge in [0.05, 0.1) is 17.7 Å². The van der Waals surface area contributed by atoms with Gasteiger partial charge in [-0.3, -0.25) is 9.59 Å². The summed E-state index contributed by atoms with van der Waals surface area (Å²) in [5, 5.41) is 4.02. The Morgan fingerprint density at radius 2 is 2.08 bits per heavy atom. The minimum atomic E-state index is -0.521. The lowest BCUT2D eigenvalue weighted by molar-refractivity contribution is -0.111. The molecule has 1 aromatic carbocycles. The van der Waals surface area contributed by atoms with Crippen molar-refractivity contribution in [1.29, 1.82) is 0 Å². The summed E-state index contributed by atoms with van der Waals surface area (Å²) >= 11 is 13.5. The number of carbonyl (C=O) groups excluding carboxylic acids is 2. The van der Waals surface area contributed by atoms with Crippen LogP contribution in [0, 0.1) is 0 Å². The molecule has 1 aliphatic carbocycles. The van der Waals surface area contributed by atoms with Gasteiger partial charge in [-0.15, -0.1) is 11.3 Å². The summed E-state index contributed by atoms with van der Waals surface area (Å²) in [5.74, 6) is -0.481. The number of ether oxygens (including phenoxy) is 1. The number of thiophene rings is 1. The number of halogens is 2. The number of rotatable bonds is 5. The van der Waals surface area contributed by atoms with E-state index in [-0.39, 0.29) is 5.91 Å². The molecule has 3 rings (SSSR count). The topological polar surface area (TPSA) is 81.4 Å². The maximum atomic E-state index is 12.3. The van der Waals surface area contributed by atoms with Crippen LogP contribution in [-0.2, 0) is 17.6 Å². The highest BCUT2D eigenvalue weighted by atomic mass is 35.5. The lowest BCUT2D eigenvalue weighted by Crippen LogP contribution is -2.16. The first-order chi connectivity index (χ1) is 12.4. The minimum absolute atomic E-state index is 0.353. The highest BCUT2D eigenvalue weighted by Crippen LogP contribution is 2.39. The highest BCUT2D eigenvalue weighted by Gasteiger charge is 2.25. The second-order valence-electron chi connectivity index (χ2n) is 5.76. The summed E-state index contributed by atoms with van der Waals surface area (Å²) in [7, 11) is 1.48. The van der Waals surface area contributed by atoms with Crippen LogP contribution >= 0.6 is 34.5 Å². The largest absolute Gasteiger partial charge is 0.495 e. The molecule has 0 unspecified atom stereocenters. The van der Waals surface area contributed by atoms with Crippen LogP contribution in [0.3, 0.4) is 0 Å². The molecule has 0 spiro atoms. The Kier molecular flexibility index (Phi) is 5.55. The van der Waals surface area contributed by atoms with Crippen molar-refractivity contribution in [1.82, 2.24) is 0 Å². The van der Waals surface area contributed by atoms with Crippen LogP contribution in [0.15, 0.2) is 18.2 Å². The van der Waals surface area contributed by atoms with Gasteiger partial charge in [0.1, 0.15) is 10.8 Å². The molecule has 0 atom stereocenters. The summed E-state index contributed by atoms with van der Waals surface area (Å²) in [4.78, 5) is 25.2. The van der Waals surface area contributed by atoms with Gasteiger partial charge < -0.3 is 15.8 Å². The van der Waals surface area contributed by atoms with E-state index >= 15 is 0 Å². The minimum Gasteiger partial charge on any atom is -0.495 e. The van der Waals surface area contributed by atoms with E-state index in [0.29, 0.717) is 31.9 Å². The lowest BCUT2D eigenvalue weighted by atomic mass is 10.1. The van der Waals surface area contributed by atoms with Crippen molar-refractivity contribution >= 4 is 57.4 Å². The smallest absolute Gasteiger partial charge is 0.251 e. The molecule has 136 valence electrons. The third kappa shape index (κ3) is 3.72. The van der Waals surface area contributed by atoms with E-state index in [0.717, 1.165) is 29.7 Å². The van der Waals surface area contributed by atoms with E-state index < -0.39 is 5.91 Å². The zero-order chi connectivity index (χ0) is 18.8. The number of anilines is 1. The van der Waals surface area contributed by atoms with Crippen LogP contribution in [0.2, 0.25) is 10.0 Å². The predicted molar refractivity (Wildman–Crippen MR) is 106 cm³/mol. The quantitative estimate of drug-likeness (QED) is 0.720. The van der Waals surface area contributed by atoms with Gasteiger partial charge >= 0.3 is 0 Å². The fraction of sp³-hybridized carbons (Fsp3) is 0.222. The number of nitrogens with one attached hydrogen (secondary N) is 1. The van der Waals surface area contributed by atoms with E-state index in [2.05, 4.69) is 5.32 Å². The molecule has 0 radical (unpaired) electrons. The fourth-order valence-electron chi connectivity index (χ4n) is 2.99. The molecule has 1 heterocycles. The zero-order valence-electron chi connectivity index (χ0n) is 13.9. The van der Waals surface area contributed by atoms with Gasteiger partial charge in [-0.25, -0.2) is 0 Å². The second kappa shape index (κ2) is 7.70. The van der Waals surface area contributed by atoms with Crippen LogP contribution in [-0.4, -0.2) is 18.9 Å². The van der Waals surface area contributed by atoms with Crippen molar-refractivity contribution < 1.29 is 14.3 Å². The van der Waals surface area contributed by atoms with Crippen molar-refractivity contribution in [2.45, 2.75) is 19.3 Å². The molecule has 2 aromatic rings. The summed E-state index contributed by atoms with van der Waals surface area (Å²) in [6.45, 7) is 0. The Morgan fingerprint density at radius 1 is 1.31 bits per heavy atom. The predicted octanol–water partition coefficient (Wildman–Crippen LogP) is 4.30. The fourth-order valence-corrected chi connectivity index (χ4v) is 4.88. The maximum absolute atomic E-state index is 12.3. The number of benzene rings is 1. The van der Waals surface area contributed by atoms with Gasteiger partial charge in [0.2, 0.25) is 5.91 Å². The summed E-state index contributed by atoms with van der Waals surface area (Å²) in [5.41, 5.74) is 7.46. The summed E-state index contributed by atoms with van der Waals surface area (Å²) in [6, 6.07) is 3.20. The third-order valence-electron chi connectivity index (χ3n) is 4.06. The molecule has 0 aliphatic heterocycles. The average Bonchev–Trinajstić information content (AvgIpc) is 3.12. The first-order valence-corrected chi connectivity index (χ1v) is 9.44. The van der Waals surface area contributed by atoms with Crippen molar-refractivity contribution in [3.05, 3.63) is 49.8 Å². The lowest BCUT2D eigenvalue weighted by Gasteiger charge is -2.08. The molecule has 1 aromatic heterocycles. The van der Waals surface area contributed by atoms with Crippen LogP contribution in [0.25, 0.3) is 6.08 Å². The van der Waals surface area contributed by atoms with Crippen molar-refractivity contribution in [2.75, 3.05) is 12.4 Å². The number of primary amides is 1. The van der Waals surface area contributed by atoms with Crippen LogP contribution in [0.1, 0.15) is 32.8 Å². The van der Waals surface area contributed by atoms with Gasteiger partial charge in [-0.2, -0.15) is 0 Å². The van der Waals surface area contributed by atoms with Gasteiger partial charge in [0.25, 0.3) is 5.91 Å². The average molecular weight is 411 g/mol. The molecular formula is C18H16Cl2N2O3S. The van der Waals surface area contributed by atoms with E-state index in [1.165, 1.54) is 24.5 Å². The Hall–Kier alpha value is -2.02. The number of methoxy groups -OCH3 is 1. The second-order valence-corrected chi connectivity index (χ2v) is 7.71.